The van der Waals surface area contributed by atoms with Crippen molar-refractivity contribution in [3.8, 4) is 0 Å². The van der Waals surface area contributed by atoms with E-state index in [0.717, 1.165) is 17.7 Å². The van der Waals surface area contributed by atoms with Crippen molar-refractivity contribution in [1.29, 1.82) is 0 Å². The molecule has 0 saturated heterocycles. The Morgan fingerprint density at radius 3 is 2.74 bits per heavy atom. The molecule has 1 aromatic heterocycles. The topological polar surface area (TPSA) is 24.9 Å². The van der Waals surface area contributed by atoms with Crippen LogP contribution in [0.2, 0.25) is 0 Å². The molecule has 100 valence electrons. The van der Waals surface area contributed by atoms with Crippen LogP contribution in [0, 0.1) is 12.7 Å². The second-order valence-electron chi connectivity index (χ2n) is 4.63. The lowest BCUT2D eigenvalue weighted by atomic mass is 9.97. The van der Waals surface area contributed by atoms with Gasteiger partial charge < -0.3 is 5.32 Å². The number of halogens is 1. The van der Waals surface area contributed by atoms with Crippen molar-refractivity contribution in [2.45, 2.75) is 26.3 Å². The van der Waals surface area contributed by atoms with E-state index in [-0.39, 0.29) is 11.9 Å². The van der Waals surface area contributed by atoms with E-state index < -0.39 is 0 Å². The standard InChI is InChI=1S/C16H19FN2/c1-4-12-6-5-9-19-16(12)15(18-3)13-7-8-14(17)11(2)10-13/h5-10,15,18H,4H2,1-3H3. The van der Waals surface area contributed by atoms with Gasteiger partial charge in [-0.15, -0.1) is 0 Å². The fourth-order valence-electron chi connectivity index (χ4n) is 2.32. The molecule has 1 heterocycles. The first kappa shape index (κ1) is 13.7. The lowest BCUT2D eigenvalue weighted by molar-refractivity contribution is 0.612. The van der Waals surface area contributed by atoms with E-state index in [2.05, 4.69) is 23.3 Å². The zero-order valence-corrected chi connectivity index (χ0v) is 11.6. The minimum absolute atomic E-state index is 0.00421. The molecule has 1 N–H and O–H groups in total. The molecular formula is C16H19FN2. The predicted octanol–water partition coefficient (Wildman–Crippen LogP) is 3.40. The second kappa shape index (κ2) is 5.93. The zero-order chi connectivity index (χ0) is 13.8. The van der Waals surface area contributed by atoms with Crippen LogP contribution in [0.3, 0.4) is 0 Å². The number of pyridine rings is 1. The van der Waals surface area contributed by atoms with Crippen molar-refractivity contribution in [1.82, 2.24) is 10.3 Å². The molecule has 1 aromatic carbocycles. The molecule has 3 heteroatoms. The van der Waals surface area contributed by atoms with Crippen LogP contribution in [-0.2, 0) is 6.42 Å². The molecule has 0 aliphatic rings. The minimum atomic E-state index is -0.171. The summed E-state index contributed by atoms with van der Waals surface area (Å²) < 4.78 is 13.4. The largest absolute Gasteiger partial charge is 0.308 e. The van der Waals surface area contributed by atoms with Crippen LogP contribution in [0.5, 0.6) is 0 Å². The molecule has 2 nitrogen and oxygen atoms in total. The van der Waals surface area contributed by atoms with Crippen molar-refractivity contribution < 1.29 is 4.39 Å². The normalized spacial score (nSPS) is 12.4. The monoisotopic (exact) mass is 258 g/mol. The number of hydrogen-bond acceptors (Lipinski definition) is 2. The number of nitrogens with zero attached hydrogens (tertiary/aromatic N) is 1. The van der Waals surface area contributed by atoms with Gasteiger partial charge in [-0.05, 0) is 49.2 Å². The Morgan fingerprint density at radius 2 is 2.11 bits per heavy atom. The van der Waals surface area contributed by atoms with Crippen molar-refractivity contribution in [3.63, 3.8) is 0 Å². The number of aromatic nitrogens is 1. The zero-order valence-electron chi connectivity index (χ0n) is 11.6. The SMILES string of the molecule is CCc1cccnc1C(NC)c1ccc(F)c(C)c1. The smallest absolute Gasteiger partial charge is 0.126 e. The summed E-state index contributed by atoms with van der Waals surface area (Å²) in [5.74, 6) is -0.171. The molecule has 19 heavy (non-hydrogen) atoms. The van der Waals surface area contributed by atoms with Gasteiger partial charge in [0.05, 0.1) is 11.7 Å². The molecule has 0 spiro atoms. The highest BCUT2D eigenvalue weighted by Gasteiger charge is 2.17. The summed E-state index contributed by atoms with van der Waals surface area (Å²) in [5.41, 5.74) is 3.92. The van der Waals surface area contributed by atoms with Gasteiger partial charge in [0.15, 0.2) is 0 Å². The van der Waals surface area contributed by atoms with E-state index in [4.69, 9.17) is 0 Å². The quantitative estimate of drug-likeness (QED) is 0.909. The summed E-state index contributed by atoms with van der Waals surface area (Å²) in [6.07, 6.45) is 2.73. The van der Waals surface area contributed by atoms with Crippen molar-refractivity contribution in [2.24, 2.45) is 0 Å². The number of nitrogens with one attached hydrogen (secondary N) is 1. The maximum atomic E-state index is 13.4. The third-order valence-corrected chi connectivity index (χ3v) is 3.38. The summed E-state index contributed by atoms with van der Waals surface area (Å²) in [6, 6.07) is 9.25. The summed E-state index contributed by atoms with van der Waals surface area (Å²) in [6.45, 7) is 3.90. The molecule has 0 bridgehead atoms. The molecule has 2 rings (SSSR count). The summed E-state index contributed by atoms with van der Waals surface area (Å²) >= 11 is 0. The van der Waals surface area contributed by atoms with Gasteiger partial charge in [0.25, 0.3) is 0 Å². The van der Waals surface area contributed by atoms with Crippen LogP contribution in [0.1, 0.15) is 35.3 Å². The van der Waals surface area contributed by atoms with Gasteiger partial charge in [-0.3, -0.25) is 4.98 Å². The first-order valence-electron chi connectivity index (χ1n) is 6.54. The molecule has 1 atom stereocenters. The molecule has 0 amide bonds. The van der Waals surface area contributed by atoms with Gasteiger partial charge in [0.1, 0.15) is 5.82 Å². The Balaban J connectivity index is 2.46. The Kier molecular flexibility index (Phi) is 4.27. The number of rotatable bonds is 4. The summed E-state index contributed by atoms with van der Waals surface area (Å²) in [7, 11) is 1.90. The molecule has 2 aromatic rings. The number of hydrogen-bond donors (Lipinski definition) is 1. The molecule has 0 aliphatic carbocycles. The molecule has 0 radical (unpaired) electrons. The average Bonchev–Trinajstić information content (AvgIpc) is 2.44. The van der Waals surface area contributed by atoms with Gasteiger partial charge in [-0.2, -0.15) is 0 Å². The van der Waals surface area contributed by atoms with Crippen LogP contribution < -0.4 is 5.32 Å². The highest BCUT2D eigenvalue weighted by Crippen LogP contribution is 2.24. The number of benzene rings is 1. The van der Waals surface area contributed by atoms with Crippen LogP contribution >= 0.6 is 0 Å². The molecule has 0 saturated carbocycles. The Hall–Kier alpha value is -1.74. The van der Waals surface area contributed by atoms with Crippen molar-refractivity contribution >= 4 is 0 Å². The van der Waals surface area contributed by atoms with Gasteiger partial charge in [-0.1, -0.05) is 25.1 Å². The minimum Gasteiger partial charge on any atom is -0.308 e. The molecule has 0 aliphatic heterocycles. The van der Waals surface area contributed by atoms with Crippen molar-refractivity contribution in [2.75, 3.05) is 7.05 Å². The highest BCUT2D eigenvalue weighted by atomic mass is 19.1. The van der Waals surface area contributed by atoms with Crippen LogP contribution in [0.4, 0.5) is 4.39 Å². The maximum Gasteiger partial charge on any atom is 0.126 e. The van der Waals surface area contributed by atoms with Crippen LogP contribution in [-0.4, -0.2) is 12.0 Å². The van der Waals surface area contributed by atoms with Gasteiger partial charge in [0.2, 0.25) is 0 Å². The third-order valence-electron chi connectivity index (χ3n) is 3.38. The Labute approximate surface area is 113 Å². The van der Waals surface area contributed by atoms with E-state index in [1.54, 1.807) is 13.1 Å². The molecule has 1 unspecified atom stereocenters. The fraction of sp³-hybridized carbons (Fsp3) is 0.312. The maximum absolute atomic E-state index is 13.4. The summed E-state index contributed by atoms with van der Waals surface area (Å²) in [4.78, 5) is 4.49. The second-order valence-corrected chi connectivity index (χ2v) is 4.63. The Morgan fingerprint density at radius 1 is 1.32 bits per heavy atom. The predicted molar refractivity (Wildman–Crippen MR) is 75.7 cm³/mol. The first-order valence-corrected chi connectivity index (χ1v) is 6.54. The van der Waals surface area contributed by atoms with E-state index in [0.29, 0.717) is 5.56 Å². The highest BCUT2D eigenvalue weighted by molar-refractivity contribution is 5.35. The van der Waals surface area contributed by atoms with E-state index in [1.165, 1.54) is 11.6 Å². The lowest BCUT2D eigenvalue weighted by Crippen LogP contribution is -2.20. The number of aryl methyl sites for hydroxylation is 2. The third kappa shape index (κ3) is 2.82. The molecule has 0 fully saturated rings. The van der Waals surface area contributed by atoms with Gasteiger partial charge in [-0.25, -0.2) is 4.39 Å². The van der Waals surface area contributed by atoms with Gasteiger partial charge >= 0.3 is 0 Å². The average molecular weight is 258 g/mol. The van der Waals surface area contributed by atoms with Crippen LogP contribution in [0.25, 0.3) is 0 Å². The van der Waals surface area contributed by atoms with E-state index >= 15 is 0 Å². The Bertz CT molecular complexity index is 566. The van der Waals surface area contributed by atoms with E-state index in [9.17, 15) is 4.39 Å². The van der Waals surface area contributed by atoms with Crippen LogP contribution in [0.15, 0.2) is 36.5 Å². The van der Waals surface area contributed by atoms with Gasteiger partial charge in [0, 0.05) is 6.20 Å². The summed E-state index contributed by atoms with van der Waals surface area (Å²) in [5, 5.41) is 3.27. The van der Waals surface area contributed by atoms with E-state index in [1.807, 2.05) is 25.2 Å². The molecular weight excluding hydrogens is 239 g/mol. The first-order chi connectivity index (χ1) is 9.17. The lowest BCUT2D eigenvalue weighted by Gasteiger charge is -2.19. The van der Waals surface area contributed by atoms with Crippen molar-refractivity contribution in [3.05, 3.63) is 64.7 Å². The fourth-order valence-corrected chi connectivity index (χ4v) is 2.32.